The first-order valence-electron chi connectivity index (χ1n) is 4.05. The zero-order valence-electron chi connectivity index (χ0n) is 7.50. The highest BCUT2D eigenvalue weighted by molar-refractivity contribution is 5.79. The van der Waals surface area contributed by atoms with Crippen LogP contribution in [0, 0.1) is 13.8 Å². The molecule has 0 aliphatic heterocycles. The van der Waals surface area contributed by atoms with Crippen LogP contribution in [0.5, 0.6) is 0 Å². The molecule has 2 aromatic rings. The first kappa shape index (κ1) is 7.98. The van der Waals surface area contributed by atoms with Gasteiger partial charge in [0.1, 0.15) is 5.58 Å². The normalized spacial score (nSPS) is 10.6. The van der Waals surface area contributed by atoms with Gasteiger partial charge in [0.2, 0.25) is 0 Å². The number of rotatable bonds is 0. The number of hydrogen-bond donors (Lipinski definition) is 0. The van der Waals surface area contributed by atoms with Crippen molar-refractivity contribution in [3.8, 4) is 0 Å². The van der Waals surface area contributed by atoms with Crippen molar-refractivity contribution in [2.24, 2.45) is 0 Å². The van der Waals surface area contributed by atoms with E-state index in [9.17, 15) is 4.79 Å². The van der Waals surface area contributed by atoms with Gasteiger partial charge in [0, 0.05) is 5.39 Å². The third kappa shape index (κ3) is 1.33. The van der Waals surface area contributed by atoms with Gasteiger partial charge in [-0.25, -0.2) is 4.79 Å². The van der Waals surface area contributed by atoms with Gasteiger partial charge in [0.05, 0.1) is 5.69 Å². The van der Waals surface area contributed by atoms with Gasteiger partial charge in [-0.15, -0.1) is 0 Å². The smallest absolute Gasteiger partial charge is 0.408 e. The Balaban J connectivity index is 2.95. The molecular weight excluding hydrogens is 166 g/mol. The summed E-state index contributed by atoms with van der Waals surface area (Å²) in [5, 5.41) is 0.902. The van der Waals surface area contributed by atoms with Gasteiger partial charge in [0.15, 0.2) is 0 Å². The predicted molar refractivity (Wildman–Crippen MR) is 49.8 cm³/mol. The maximum atomic E-state index is 10.9. The Bertz CT molecular complexity index is 514. The minimum atomic E-state index is -0.533. The van der Waals surface area contributed by atoms with Crippen LogP contribution in [0.3, 0.4) is 0 Å². The predicted octanol–water partition coefficient (Wildman–Crippen LogP) is 1.80. The molecule has 0 radical (unpaired) electrons. The number of hydrogen-bond acceptors (Lipinski definition) is 3. The van der Waals surface area contributed by atoms with E-state index in [4.69, 9.17) is 4.42 Å². The molecule has 0 N–H and O–H groups in total. The van der Waals surface area contributed by atoms with Crippen LogP contribution in [0.1, 0.15) is 11.3 Å². The average Bonchev–Trinajstić information content (AvgIpc) is 2.06. The van der Waals surface area contributed by atoms with E-state index in [-0.39, 0.29) is 0 Å². The quantitative estimate of drug-likeness (QED) is 0.613. The average molecular weight is 175 g/mol. The van der Waals surface area contributed by atoms with Crippen LogP contribution < -0.4 is 5.76 Å². The Labute approximate surface area is 75.0 Å². The fraction of sp³-hybridized carbons (Fsp3) is 0.200. The highest BCUT2D eigenvalue weighted by atomic mass is 16.4. The van der Waals surface area contributed by atoms with Crippen LogP contribution in [0.2, 0.25) is 0 Å². The molecule has 1 heterocycles. The second-order valence-electron chi connectivity index (χ2n) is 3.06. The molecule has 0 saturated carbocycles. The maximum Gasteiger partial charge on any atom is 0.439 e. The van der Waals surface area contributed by atoms with E-state index in [0.29, 0.717) is 5.58 Å². The highest BCUT2D eigenvalue weighted by Crippen LogP contribution is 2.15. The Kier molecular flexibility index (Phi) is 1.65. The Morgan fingerprint density at radius 1 is 1.31 bits per heavy atom. The van der Waals surface area contributed by atoms with Gasteiger partial charge >= 0.3 is 5.76 Å². The molecule has 0 saturated heterocycles. The Morgan fingerprint density at radius 2 is 2.08 bits per heavy atom. The highest BCUT2D eigenvalue weighted by Gasteiger charge is 2.02. The number of aromatic nitrogens is 1. The van der Waals surface area contributed by atoms with Crippen molar-refractivity contribution in [1.82, 2.24) is 4.98 Å². The van der Waals surface area contributed by atoms with Gasteiger partial charge in [0.25, 0.3) is 0 Å². The van der Waals surface area contributed by atoms with E-state index < -0.39 is 5.76 Å². The van der Waals surface area contributed by atoms with Gasteiger partial charge in [-0.2, -0.15) is 4.98 Å². The third-order valence-electron chi connectivity index (χ3n) is 1.98. The summed E-state index contributed by atoms with van der Waals surface area (Å²) in [4.78, 5) is 14.6. The van der Waals surface area contributed by atoms with Crippen LogP contribution in [0.15, 0.2) is 27.4 Å². The second kappa shape index (κ2) is 2.69. The number of benzene rings is 1. The van der Waals surface area contributed by atoms with Gasteiger partial charge in [-0.3, -0.25) is 0 Å². The van der Waals surface area contributed by atoms with Crippen molar-refractivity contribution in [2.45, 2.75) is 13.8 Å². The van der Waals surface area contributed by atoms with Crippen molar-refractivity contribution in [3.05, 3.63) is 40.0 Å². The van der Waals surface area contributed by atoms with Crippen molar-refractivity contribution in [1.29, 1.82) is 0 Å². The first-order chi connectivity index (χ1) is 6.16. The van der Waals surface area contributed by atoms with Crippen LogP contribution >= 0.6 is 0 Å². The van der Waals surface area contributed by atoms with E-state index in [1.807, 2.05) is 19.1 Å². The van der Waals surface area contributed by atoms with Gasteiger partial charge in [-0.05, 0) is 26.0 Å². The number of aryl methyl sites for hydroxylation is 2. The summed E-state index contributed by atoms with van der Waals surface area (Å²) < 4.78 is 4.93. The molecule has 0 spiro atoms. The zero-order chi connectivity index (χ0) is 9.42. The summed E-state index contributed by atoms with van der Waals surface area (Å²) >= 11 is 0. The van der Waals surface area contributed by atoms with Crippen LogP contribution in [-0.4, -0.2) is 4.98 Å². The molecule has 0 aliphatic rings. The summed E-state index contributed by atoms with van der Waals surface area (Å²) in [7, 11) is 0. The molecule has 1 aromatic carbocycles. The van der Waals surface area contributed by atoms with Crippen molar-refractivity contribution in [2.75, 3.05) is 0 Å². The lowest BCUT2D eigenvalue weighted by atomic mass is 10.1. The summed E-state index contributed by atoms with van der Waals surface area (Å²) in [6, 6.07) is 5.66. The van der Waals surface area contributed by atoms with Gasteiger partial charge < -0.3 is 4.42 Å². The van der Waals surface area contributed by atoms with Crippen LogP contribution in [-0.2, 0) is 0 Å². The fourth-order valence-electron chi connectivity index (χ4n) is 1.33. The molecule has 3 heteroatoms. The topological polar surface area (TPSA) is 43.1 Å². The lowest BCUT2D eigenvalue weighted by Crippen LogP contribution is -2.05. The standard InChI is InChI=1S/C10H9NO2/c1-6-3-4-9-8(5-6)7(2)11-10(12)13-9/h3-5H,1-2H3. The van der Waals surface area contributed by atoms with E-state index in [0.717, 1.165) is 16.6 Å². The minimum Gasteiger partial charge on any atom is -0.408 e. The molecule has 0 bridgehead atoms. The van der Waals surface area contributed by atoms with Crippen molar-refractivity contribution < 1.29 is 4.42 Å². The zero-order valence-corrected chi connectivity index (χ0v) is 7.50. The molecule has 0 fully saturated rings. The number of fused-ring (bicyclic) bond motifs is 1. The van der Waals surface area contributed by atoms with Crippen LogP contribution in [0.25, 0.3) is 11.0 Å². The van der Waals surface area contributed by atoms with E-state index in [1.165, 1.54) is 0 Å². The van der Waals surface area contributed by atoms with E-state index >= 15 is 0 Å². The second-order valence-corrected chi connectivity index (χ2v) is 3.06. The van der Waals surface area contributed by atoms with E-state index in [1.54, 1.807) is 13.0 Å². The first-order valence-corrected chi connectivity index (χ1v) is 4.05. The molecule has 1 aromatic heterocycles. The minimum absolute atomic E-state index is 0.533. The SMILES string of the molecule is Cc1ccc2oc(=O)nc(C)c2c1. The summed E-state index contributed by atoms with van der Waals surface area (Å²) in [6.07, 6.45) is 0. The van der Waals surface area contributed by atoms with Gasteiger partial charge in [-0.1, -0.05) is 11.6 Å². The molecule has 0 amide bonds. The monoisotopic (exact) mass is 175 g/mol. The lowest BCUT2D eigenvalue weighted by molar-refractivity contribution is 0.528. The Hall–Kier alpha value is -1.64. The molecule has 66 valence electrons. The van der Waals surface area contributed by atoms with Crippen LogP contribution in [0.4, 0.5) is 0 Å². The Morgan fingerprint density at radius 3 is 2.85 bits per heavy atom. The van der Waals surface area contributed by atoms with Crippen molar-refractivity contribution in [3.63, 3.8) is 0 Å². The number of nitrogens with zero attached hydrogens (tertiary/aromatic N) is 1. The molecule has 0 aliphatic carbocycles. The third-order valence-corrected chi connectivity index (χ3v) is 1.98. The summed E-state index contributed by atoms with van der Waals surface area (Å²) in [6.45, 7) is 3.79. The van der Waals surface area contributed by atoms with E-state index in [2.05, 4.69) is 4.98 Å². The fourth-order valence-corrected chi connectivity index (χ4v) is 1.33. The maximum absolute atomic E-state index is 10.9. The molecular formula is C10H9NO2. The summed E-state index contributed by atoms with van der Waals surface area (Å²) in [5.41, 5.74) is 2.45. The molecule has 3 nitrogen and oxygen atoms in total. The molecule has 0 unspecified atom stereocenters. The lowest BCUT2D eigenvalue weighted by Gasteiger charge is -1.99. The molecule has 0 atom stereocenters. The molecule has 2 rings (SSSR count). The van der Waals surface area contributed by atoms with Crippen molar-refractivity contribution >= 4 is 11.0 Å². The molecule has 13 heavy (non-hydrogen) atoms. The largest absolute Gasteiger partial charge is 0.439 e. The summed E-state index contributed by atoms with van der Waals surface area (Å²) in [5.74, 6) is -0.533.